The van der Waals surface area contributed by atoms with Gasteiger partial charge in [0, 0.05) is 24.5 Å². The van der Waals surface area contributed by atoms with E-state index in [4.69, 9.17) is 10.00 Å². The molecule has 4 heteroatoms. The van der Waals surface area contributed by atoms with Crippen LogP contribution in [0.1, 0.15) is 11.3 Å². The second-order valence-electron chi connectivity index (χ2n) is 3.39. The highest BCUT2D eigenvalue weighted by molar-refractivity contribution is 5.36. The summed E-state index contributed by atoms with van der Waals surface area (Å²) in [5.41, 5.74) is 1.41. The third kappa shape index (κ3) is 3.02. The Hall–Kier alpha value is -2.41. The van der Waals surface area contributed by atoms with Crippen LogP contribution in [0.25, 0.3) is 0 Å². The highest BCUT2D eigenvalue weighted by Gasteiger charge is 2.03. The maximum Gasteiger partial charge on any atom is 0.231 e. The average Bonchev–Trinajstić information content (AvgIpc) is 2.40. The molecule has 0 radical (unpaired) electrons. The van der Waals surface area contributed by atoms with Crippen molar-refractivity contribution < 1.29 is 4.74 Å². The molecule has 17 heavy (non-hydrogen) atoms. The predicted octanol–water partition coefficient (Wildman–Crippen LogP) is 1.97. The van der Waals surface area contributed by atoms with E-state index in [-0.39, 0.29) is 0 Å². The molecule has 0 saturated carbocycles. The second kappa shape index (κ2) is 5.61. The third-order valence-corrected chi connectivity index (χ3v) is 2.21. The van der Waals surface area contributed by atoms with Gasteiger partial charge in [0.15, 0.2) is 0 Å². The minimum atomic E-state index is 0.380. The molecule has 0 atom stereocenters. The maximum absolute atomic E-state index is 8.85. The molecule has 0 spiro atoms. The Morgan fingerprint density at radius 1 is 1.12 bits per heavy atom. The van der Waals surface area contributed by atoms with Crippen molar-refractivity contribution in [3.63, 3.8) is 0 Å². The van der Waals surface area contributed by atoms with Crippen LogP contribution in [0.4, 0.5) is 0 Å². The summed E-state index contributed by atoms with van der Waals surface area (Å²) >= 11 is 0. The van der Waals surface area contributed by atoms with Crippen LogP contribution >= 0.6 is 0 Å². The van der Waals surface area contributed by atoms with E-state index in [1.807, 2.05) is 24.3 Å². The van der Waals surface area contributed by atoms with Crippen LogP contribution in [0.3, 0.4) is 0 Å². The molecule has 4 nitrogen and oxygen atoms in total. The molecule has 0 fully saturated rings. The smallest absolute Gasteiger partial charge is 0.231 e. The fraction of sp³-hybridized carbons (Fsp3) is 0.154. The van der Waals surface area contributed by atoms with Crippen LogP contribution in [0, 0.1) is 11.3 Å². The Bertz CT molecular complexity index is 520. The number of ether oxygens (including phenoxy) is 1. The molecular weight excluding hydrogens is 214 g/mol. The maximum atomic E-state index is 8.85. The van der Waals surface area contributed by atoms with Crippen molar-refractivity contribution in [2.24, 2.45) is 0 Å². The Morgan fingerprint density at radius 3 is 2.76 bits per heavy atom. The van der Waals surface area contributed by atoms with Crippen LogP contribution in [-0.4, -0.2) is 16.6 Å². The number of nitrogens with zero attached hydrogens (tertiary/aromatic N) is 3. The van der Waals surface area contributed by atoms with Gasteiger partial charge in [0.05, 0.1) is 6.61 Å². The highest BCUT2D eigenvalue weighted by Crippen LogP contribution is 2.12. The summed E-state index contributed by atoms with van der Waals surface area (Å²) in [6.45, 7) is 0.461. The van der Waals surface area contributed by atoms with Gasteiger partial charge in [-0.1, -0.05) is 6.07 Å². The fourth-order valence-electron chi connectivity index (χ4n) is 1.39. The largest absolute Gasteiger partial charge is 0.476 e. The lowest BCUT2D eigenvalue weighted by atomic mass is 10.3. The Balaban J connectivity index is 1.93. The minimum Gasteiger partial charge on any atom is -0.476 e. The first-order chi connectivity index (χ1) is 8.40. The van der Waals surface area contributed by atoms with Gasteiger partial charge in [0.25, 0.3) is 0 Å². The van der Waals surface area contributed by atoms with Crippen molar-refractivity contribution in [3.8, 4) is 11.9 Å². The molecule has 84 valence electrons. The summed E-state index contributed by atoms with van der Waals surface area (Å²) in [4.78, 5) is 8.20. The minimum absolute atomic E-state index is 0.380. The molecule has 0 saturated heterocycles. The zero-order chi connectivity index (χ0) is 11.9. The summed E-state index contributed by atoms with van der Waals surface area (Å²) in [5.74, 6) is 0.380. The Kier molecular flexibility index (Phi) is 3.66. The summed E-state index contributed by atoms with van der Waals surface area (Å²) in [5, 5.41) is 8.85. The molecule has 0 aromatic carbocycles. The lowest BCUT2D eigenvalue weighted by Gasteiger charge is -2.05. The molecule has 0 aliphatic carbocycles. The Labute approximate surface area is 99.5 Å². The second-order valence-corrected chi connectivity index (χ2v) is 3.39. The first-order valence-electron chi connectivity index (χ1n) is 5.28. The Morgan fingerprint density at radius 2 is 2.00 bits per heavy atom. The molecule has 2 heterocycles. The topological polar surface area (TPSA) is 58.8 Å². The number of hydrogen-bond donors (Lipinski definition) is 0. The van der Waals surface area contributed by atoms with E-state index in [9.17, 15) is 0 Å². The van der Waals surface area contributed by atoms with Crippen LogP contribution in [0.5, 0.6) is 5.88 Å². The van der Waals surface area contributed by atoms with Gasteiger partial charge < -0.3 is 4.74 Å². The molecule has 0 N–H and O–H groups in total. The first-order valence-corrected chi connectivity index (χ1v) is 5.28. The first kappa shape index (κ1) is 11.1. The molecule has 0 unspecified atom stereocenters. The van der Waals surface area contributed by atoms with Gasteiger partial charge in [0.2, 0.25) is 5.88 Å². The zero-order valence-corrected chi connectivity index (χ0v) is 9.21. The summed E-state index contributed by atoms with van der Waals surface area (Å²) in [6.07, 6.45) is 4.05. The van der Waals surface area contributed by atoms with Gasteiger partial charge >= 0.3 is 0 Å². The fourth-order valence-corrected chi connectivity index (χ4v) is 1.39. The molecule has 2 aromatic heterocycles. The number of hydrogen-bond acceptors (Lipinski definition) is 4. The molecule has 2 rings (SSSR count). The van der Waals surface area contributed by atoms with Crippen LogP contribution in [0.2, 0.25) is 0 Å². The number of nitriles is 1. The average molecular weight is 225 g/mol. The molecule has 0 bridgehead atoms. The van der Waals surface area contributed by atoms with Crippen molar-refractivity contribution in [2.75, 3.05) is 6.61 Å². The normalized spacial score (nSPS) is 9.59. The van der Waals surface area contributed by atoms with Gasteiger partial charge in [-0.2, -0.15) is 5.26 Å². The van der Waals surface area contributed by atoms with E-state index in [2.05, 4.69) is 9.97 Å². The molecular formula is C13H11N3O. The molecule has 0 aliphatic rings. The standard InChI is InChI=1S/C13H11N3O/c14-10-11-4-3-8-16-13(11)17-9-6-12-5-1-2-7-15-12/h1-5,7-8H,6,9H2. The number of rotatable bonds is 4. The molecule has 0 amide bonds. The molecule has 2 aromatic rings. The quantitative estimate of drug-likeness (QED) is 0.798. The third-order valence-electron chi connectivity index (χ3n) is 2.21. The lowest BCUT2D eigenvalue weighted by Crippen LogP contribution is -2.04. The van der Waals surface area contributed by atoms with Crippen LogP contribution in [-0.2, 0) is 6.42 Å². The van der Waals surface area contributed by atoms with E-state index in [0.29, 0.717) is 24.5 Å². The van der Waals surface area contributed by atoms with Gasteiger partial charge in [0.1, 0.15) is 11.6 Å². The molecule has 0 aliphatic heterocycles. The van der Waals surface area contributed by atoms with Crippen molar-refractivity contribution in [2.45, 2.75) is 6.42 Å². The SMILES string of the molecule is N#Cc1cccnc1OCCc1ccccn1. The van der Waals surface area contributed by atoms with E-state index >= 15 is 0 Å². The lowest BCUT2D eigenvalue weighted by molar-refractivity contribution is 0.307. The number of aromatic nitrogens is 2. The predicted molar refractivity (Wildman–Crippen MR) is 62.4 cm³/mol. The van der Waals surface area contributed by atoms with Gasteiger partial charge in [-0.05, 0) is 24.3 Å². The monoisotopic (exact) mass is 225 g/mol. The van der Waals surface area contributed by atoms with E-state index in [1.165, 1.54) is 0 Å². The summed E-state index contributed by atoms with van der Waals surface area (Å²) in [6, 6.07) is 11.2. The summed E-state index contributed by atoms with van der Waals surface area (Å²) in [7, 11) is 0. The highest BCUT2D eigenvalue weighted by atomic mass is 16.5. The van der Waals surface area contributed by atoms with Crippen molar-refractivity contribution in [3.05, 3.63) is 54.0 Å². The van der Waals surface area contributed by atoms with E-state index in [0.717, 1.165) is 5.69 Å². The van der Waals surface area contributed by atoms with Crippen molar-refractivity contribution in [1.29, 1.82) is 5.26 Å². The zero-order valence-electron chi connectivity index (χ0n) is 9.21. The van der Waals surface area contributed by atoms with Crippen molar-refractivity contribution in [1.82, 2.24) is 9.97 Å². The van der Waals surface area contributed by atoms with Gasteiger partial charge in [-0.3, -0.25) is 4.98 Å². The summed E-state index contributed by atoms with van der Waals surface area (Å²) < 4.78 is 5.46. The van der Waals surface area contributed by atoms with Gasteiger partial charge in [-0.15, -0.1) is 0 Å². The van der Waals surface area contributed by atoms with E-state index < -0.39 is 0 Å². The van der Waals surface area contributed by atoms with Crippen LogP contribution in [0.15, 0.2) is 42.7 Å². The van der Waals surface area contributed by atoms with E-state index in [1.54, 1.807) is 24.5 Å². The number of pyridine rings is 2. The van der Waals surface area contributed by atoms with Crippen LogP contribution < -0.4 is 4.74 Å². The van der Waals surface area contributed by atoms with Gasteiger partial charge in [-0.25, -0.2) is 4.98 Å². The van der Waals surface area contributed by atoms with Crippen molar-refractivity contribution >= 4 is 0 Å².